The van der Waals surface area contributed by atoms with Crippen molar-refractivity contribution in [3.05, 3.63) is 111 Å². The fraction of sp³-hybridized carbons (Fsp3) is 0.282. The number of alkyl halides is 3. The highest BCUT2D eigenvalue weighted by molar-refractivity contribution is 6.39. The number of halogens is 5. The maximum Gasteiger partial charge on any atom is 0.573 e. The molecule has 15 heteroatoms. The summed E-state index contributed by atoms with van der Waals surface area (Å²) in [6.07, 6.45) is 0.112. The van der Waals surface area contributed by atoms with Crippen molar-refractivity contribution in [2.75, 3.05) is 13.6 Å². The van der Waals surface area contributed by atoms with Gasteiger partial charge in [0.2, 0.25) is 11.8 Å². The van der Waals surface area contributed by atoms with Gasteiger partial charge in [-0.15, -0.1) is 13.2 Å². The largest absolute Gasteiger partial charge is 0.573 e. The third kappa shape index (κ3) is 8.09. The molecule has 3 N–H and O–H groups in total. The number of carbonyl (C=O) groups is 2. The highest BCUT2D eigenvalue weighted by Gasteiger charge is 2.33. The van der Waals surface area contributed by atoms with Gasteiger partial charge in [0.25, 0.3) is 5.56 Å². The second kappa shape index (κ2) is 15.4. The second-order valence-corrected chi connectivity index (χ2v) is 14.2. The normalized spacial score (nSPS) is 17.3. The van der Waals surface area contributed by atoms with Gasteiger partial charge >= 0.3 is 6.36 Å². The number of hydrogen-bond donors (Lipinski definition) is 3. The Bertz CT molecular complexity index is 2320. The van der Waals surface area contributed by atoms with Gasteiger partial charge in [-0.2, -0.15) is 0 Å². The lowest BCUT2D eigenvalue weighted by atomic mass is 9.95. The first kappa shape index (κ1) is 37.4. The van der Waals surface area contributed by atoms with Crippen LogP contribution in [0.3, 0.4) is 0 Å². The number of nitrogens with one attached hydrogen (secondary N) is 3. The van der Waals surface area contributed by atoms with Crippen LogP contribution in [0.15, 0.2) is 83.9 Å². The van der Waals surface area contributed by atoms with Crippen molar-refractivity contribution in [2.45, 2.75) is 57.3 Å². The molecule has 2 aliphatic heterocycles. The van der Waals surface area contributed by atoms with Gasteiger partial charge in [0, 0.05) is 84.3 Å². The standard InChI is InChI=1S/C39H35Cl2F3N6O4/c1-49(32-11-13-35(52)48-32)21-24-9-8-22(16-31(24)54-39(42,43)44)27-4-2-6-29(36(27)40)30-7-3-5-28(37(30)41)23-14-15-50-33(17-23)46-19-25(38(50)53)18-45-20-26-10-12-34(51)47-26/h2-9,14-17,19,26,32,45H,10-13,18,20-21H2,1H3,(H,47,51)(H,48,52)/t26-,32-/m0/s1. The Hall–Kier alpha value is -4.95. The molecule has 7 rings (SSSR count). The number of rotatable bonds is 11. The van der Waals surface area contributed by atoms with Crippen LogP contribution in [0, 0.1) is 0 Å². The topological polar surface area (TPSA) is 117 Å². The van der Waals surface area contributed by atoms with E-state index in [-0.39, 0.29) is 46.9 Å². The molecule has 0 radical (unpaired) electrons. The highest BCUT2D eigenvalue weighted by Crippen LogP contribution is 2.43. The summed E-state index contributed by atoms with van der Waals surface area (Å²) >= 11 is 14.1. The summed E-state index contributed by atoms with van der Waals surface area (Å²) in [5, 5.41) is 9.59. The van der Waals surface area contributed by atoms with Crippen molar-refractivity contribution >= 4 is 40.7 Å². The molecule has 0 unspecified atom stereocenters. The summed E-state index contributed by atoms with van der Waals surface area (Å²) in [6.45, 7) is 0.956. The van der Waals surface area contributed by atoms with Crippen molar-refractivity contribution in [1.82, 2.24) is 30.2 Å². The predicted molar refractivity (Wildman–Crippen MR) is 200 cm³/mol. The van der Waals surface area contributed by atoms with Gasteiger partial charge in [0.15, 0.2) is 0 Å². The maximum absolute atomic E-state index is 13.6. The minimum Gasteiger partial charge on any atom is -0.405 e. The summed E-state index contributed by atoms with van der Waals surface area (Å²) in [7, 11) is 1.73. The van der Waals surface area contributed by atoms with E-state index in [1.54, 1.807) is 66.7 Å². The Balaban J connectivity index is 1.15. The van der Waals surface area contributed by atoms with E-state index >= 15 is 0 Å². The average Bonchev–Trinajstić information content (AvgIpc) is 3.77. The molecule has 2 atom stereocenters. The molecule has 0 saturated carbocycles. The molecule has 54 heavy (non-hydrogen) atoms. The van der Waals surface area contributed by atoms with E-state index in [0.29, 0.717) is 87.5 Å². The van der Waals surface area contributed by atoms with Gasteiger partial charge in [0.05, 0.1) is 16.2 Å². The molecule has 5 aromatic rings. The molecule has 2 fully saturated rings. The number of hydrogen-bond acceptors (Lipinski definition) is 7. The Labute approximate surface area is 318 Å². The van der Waals surface area contributed by atoms with Crippen LogP contribution >= 0.6 is 23.2 Å². The molecule has 10 nitrogen and oxygen atoms in total. The van der Waals surface area contributed by atoms with Gasteiger partial charge in [-0.3, -0.25) is 23.7 Å². The number of amides is 2. The molecule has 0 bridgehead atoms. The van der Waals surface area contributed by atoms with Gasteiger partial charge < -0.3 is 20.7 Å². The first-order valence-corrected chi connectivity index (χ1v) is 18.1. The summed E-state index contributed by atoms with van der Waals surface area (Å²) in [6, 6.07) is 18.8. The van der Waals surface area contributed by atoms with Gasteiger partial charge in [-0.05, 0) is 49.2 Å². The van der Waals surface area contributed by atoms with Crippen LogP contribution in [0.1, 0.15) is 36.8 Å². The Kier molecular flexibility index (Phi) is 10.7. The van der Waals surface area contributed by atoms with Crippen molar-refractivity contribution in [1.29, 1.82) is 0 Å². The van der Waals surface area contributed by atoms with E-state index < -0.39 is 6.36 Å². The molecule has 280 valence electrons. The summed E-state index contributed by atoms with van der Waals surface area (Å²) < 4.78 is 46.7. The highest BCUT2D eigenvalue weighted by atomic mass is 35.5. The molecule has 2 saturated heterocycles. The molecule has 0 aliphatic carbocycles. The van der Waals surface area contributed by atoms with Crippen molar-refractivity contribution in [2.24, 2.45) is 0 Å². The van der Waals surface area contributed by atoms with E-state index in [2.05, 4.69) is 25.7 Å². The van der Waals surface area contributed by atoms with Gasteiger partial charge in [-0.25, -0.2) is 4.98 Å². The predicted octanol–water partition coefficient (Wildman–Crippen LogP) is 6.94. The molecular weight excluding hydrogens is 744 g/mol. The molecule has 4 heterocycles. The van der Waals surface area contributed by atoms with E-state index in [1.807, 2.05) is 12.1 Å². The monoisotopic (exact) mass is 778 g/mol. The molecule has 3 aromatic carbocycles. The van der Waals surface area contributed by atoms with Crippen molar-refractivity contribution in [3.8, 4) is 39.1 Å². The molecular formula is C39H35Cl2F3N6O4. The average molecular weight is 780 g/mol. The molecule has 2 amide bonds. The van der Waals surface area contributed by atoms with Gasteiger partial charge in [0.1, 0.15) is 11.4 Å². The van der Waals surface area contributed by atoms with Crippen LogP contribution in [-0.2, 0) is 22.7 Å². The first-order chi connectivity index (χ1) is 25.8. The number of pyridine rings is 1. The summed E-state index contributed by atoms with van der Waals surface area (Å²) in [5.74, 6) is -0.444. The number of carbonyl (C=O) groups excluding carboxylic acids is 2. The van der Waals surface area contributed by atoms with Gasteiger partial charge in [-0.1, -0.05) is 71.7 Å². The number of benzene rings is 3. The van der Waals surface area contributed by atoms with Crippen LogP contribution in [0.4, 0.5) is 13.2 Å². The van der Waals surface area contributed by atoms with Crippen LogP contribution in [0.25, 0.3) is 39.0 Å². The minimum atomic E-state index is -4.94. The van der Waals surface area contributed by atoms with Crippen LogP contribution in [0.5, 0.6) is 5.75 Å². The van der Waals surface area contributed by atoms with E-state index in [4.69, 9.17) is 23.2 Å². The maximum atomic E-state index is 13.6. The van der Waals surface area contributed by atoms with E-state index in [0.717, 1.165) is 6.42 Å². The first-order valence-electron chi connectivity index (χ1n) is 17.3. The summed E-state index contributed by atoms with van der Waals surface area (Å²) in [5.41, 5.74) is 4.36. The SMILES string of the molecule is CN(Cc1ccc(-c2cccc(-c3cccc(-c4ccn5c(=O)c(CNC[C@@H]6CCC(=O)N6)cnc5c4)c3Cl)c2Cl)cc1OC(F)(F)F)[C@H]1CCC(=O)N1. The number of ether oxygens (including phenoxy) is 1. The third-order valence-electron chi connectivity index (χ3n) is 9.70. The van der Waals surface area contributed by atoms with Crippen LogP contribution in [0.2, 0.25) is 10.0 Å². The van der Waals surface area contributed by atoms with E-state index in [9.17, 15) is 27.6 Å². The Morgan fingerprint density at radius 2 is 1.52 bits per heavy atom. The molecule has 2 aromatic heterocycles. The lowest BCUT2D eigenvalue weighted by Crippen LogP contribution is -2.40. The van der Waals surface area contributed by atoms with Crippen molar-refractivity contribution in [3.63, 3.8) is 0 Å². The van der Waals surface area contributed by atoms with Crippen LogP contribution in [-0.4, -0.2) is 58.3 Å². The smallest absolute Gasteiger partial charge is 0.405 e. The zero-order valence-corrected chi connectivity index (χ0v) is 30.5. The Morgan fingerprint density at radius 3 is 2.15 bits per heavy atom. The summed E-state index contributed by atoms with van der Waals surface area (Å²) in [4.78, 5) is 42.7. The third-order valence-corrected chi connectivity index (χ3v) is 10.5. The fourth-order valence-corrected chi connectivity index (χ4v) is 7.59. The van der Waals surface area contributed by atoms with Crippen LogP contribution < -0.4 is 26.2 Å². The van der Waals surface area contributed by atoms with Crippen molar-refractivity contribution < 1.29 is 27.5 Å². The molecule has 2 aliphatic rings. The molecule has 0 spiro atoms. The zero-order valence-electron chi connectivity index (χ0n) is 29.0. The number of aromatic nitrogens is 2. The van der Waals surface area contributed by atoms with E-state index in [1.165, 1.54) is 16.7 Å². The quantitative estimate of drug-likeness (QED) is 0.133. The Morgan fingerprint density at radius 1 is 0.870 bits per heavy atom. The fourth-order valence-electron chi connectivity index (χ4n) is 6.92. The second-order valence-electron chi connectivity index (χ2n) is 13.4. The zero-order chi connectivity index (χ0) is 38.1. The lowest BCUT2D eigenvalue weighted by molar-refractivity contribution is -0.275. The number of nitrogens with zero attached hydrogens (tertiary/aromatic N) is 3. The number of fused-ring (bicyclic) bond motifs is 1. The minimum absolute atomic E-state index is 0.0312. The lowest BCUT2D eigenvalue weighted by Gasteiger charge is -2.25.